The molecule has 0 bridgehead atoms. The van der Waals surface area contributed by atoms with E-state index in [9.17, 15) is 27.9 Å². The van der Waals surface area contributed by atoms with Gasteiger partial charge in [0.2, 0.25) is 0 Å². The number of aromatic nitrogens is 2. The molecule has 2 amide bonds. The SMILES string of the molecule is O=C(Nc1cc(Cl)cn(Cc2ccc(C(F)(F)F)cc2)c1=O)N1N=C(c2cccnc2)CC1c1ccccc1O. The van der Waals surface area contributed by atoms with Crippen LogP contribution in [0.25, 0.3) is 0 Å². The average molecular weight is 568 g/mol. The molecule has 0 saturated heterocycles. The Morgan fingerprint density at radius 1 is 1.10 bits per heavy atom. The lowest BCUT2D eigenvalue weighted by Gasteiger charge is -2.23. The van der Waals surface area contributed by atoms with E-state index in [1.54, 1.807) is 42.7 Å². The van der Waals surface area contributed by atoms with Crippen LogP contribution in [0.15, 0.2) is 95.2 Å². The number of para-hydroxylation sites is 1. The van der Waals surface area contributed by atoms with Gasteiger partial charge in [-0.2, -0.15) is 18.3 Å². The lowest BCUT2D eigenvalue weighted by atomic mass is 9.98. The van der Waals surface area contributed by atoms with E-state index in [4.69, 9.17) is 11.6 Å². The number of nitrogens with one attached hydrogen (secondary N) is 1. The number of hydrazone groups is 1. The maximum Gasteiger partial charge on any atom is 0.416 e. The zero-order valence-electron chi connectivity index (χ0n) is 20.6. The molecular weight excluding hydrogens is 547 g/mol. The first-order valence-corrected chi connectivity index (χ1v) is 12.4. The highest BCUT2D eigenvalue weighted by Gasteiger charge is 2.35. The van der Waals surface area contributed by atoms with E-state index < -0.39 is 29.4 Å². The van der Waals surface area contributed by atoms with Crippen LogP contribution in [0.4, 0.5) is 23.7 Å². The van der Waals surface area contributed by atoms with Gasteiger partial charge < -0.3 is 15.0 Å². The van der Waals surface area contributed by atoms with Crippen LogP contribution in [0.3, 0.4) is 0 Å². The van der Waals surface area contributed by atoms with Gasteiger partial charge in [0.05, 0.1) is 28.9 Å². The van der Waals surface area contributed by atoms with Gasteiger partial charge in [-0.3, -0.25) is 9.78 Å². The maximum atomic E-state index is 13.5. The Hall–Kier alpha value is -4.64. The molecule has 8 nitrogen and oxygen atoms in total. The van der Waals surface area contributed by atoms with Gasteiger partial charge in [-0.05, 0) is 35.9 Å². The van der Waals surface area contributed by atoms with E-state index in [0.29, 0.717) is 22.4 Å². The van der Waals surface area contributed by atoms with Crippen LogP contribution in [0.2, 0.25) is 5.02 Å². The third-order valence-electron chi connectivity index (χ3n) is 6.34. The molecule has 1 unspecified atom stereocenters. The molecule has 4 aromatic rings. The van der Waals surface area contributed by atoms with Crippen LogP contribution in [0.5, 0.6) is 5.75 Å². The summed E-state index contributed by atoms with van der Waals surface area (Å²) in [6.45, 7) is -0.0755. The first kappa shape index (κ1) is 26.9. The zero-order chi connectivity index (χ0) is 28.4. The molecule has 0 saturated carbocycles. The number of pyridine rings is 2. The second-order valence-corrected chi connectivity index (χ2v) is 9.48. The predicted molar refractivity (Wildman–Crippen MR) is 143 cm³/mol. The summed E-state index contributed by atoms with van der Waals surface area (Å²) in [7, 11) is 0. The van der Waals surface area contributed by atoms with Crippen LogP contribution in [0, 0.1) is 0 Å². The molecule has 204 valence electrons. The molecule has 1 aliphatic heterocycles. The number of halogens is 4. The Morgan fingerprint density at radius 3 is 2.52 bits per heavy atom. The van der Waals surface area contributed by atoms with Crippen LogP contribution in [-0.4, -0.2) is 31.4 Å². The number of phenolic OH excluding ortho intramolecular Hbond substituents is 1. The molecule has 0 fully saturated rings. The number of urea groups is 1. The van der Waals surface area contributed by atoms with Crippen molar-refractivity contribution in [3.63, 3.8) is 0 Å². The number of amides is 2. The molecular formula is C28H21ClF3N5O3. The molecule has 0 spiro atoms. The number of benzene rings is 2. The Labute approximate surface area is 231 Å². The van der Waals surface area contributed by atoms with Gasteiger partial charge in [0.15, 0.2) is 0 Å². The Kier molecular flexibility index (Phi) is 7.31. The van der Waals surface area contributed by atoms with Gasteiger partial charge in [0.25, 0.3) is 5.56 Å². The number of aromatic hydroxyl groups is 1. The fourth-order valence-corrected chi connectivity index (χ4v) is 4.62. The van der Waals surface area contributed by atoms with E-state index >= 15 is 0 Å². The molecule has 5 rings (SSSR count). The quantitative estimate of drug-likeness (QED) is 0.306. The van der Waals surface area contributed by atoms with Crippen molar-refractivity contribution in [2.45, 2.75) is 25.2 Å². The number of hydrogen-bond donors (Lipinski definition) is 2. The predicted octanol–water partition coefficient (Wildman–Crippen LogP) is 6.05. The highest BCUT2D eigenvalue weighted by Crippen LogP contribution is 2.37. The Bertz CT molecular complexity index is 1640. The molecule has 3 heterocycles. The summed E-state index contributed by atoms with van der Waals surface area (Å²) in [5, 5.41) is 18.8. The second-order valence-electron chi connectivity index (χ2n) is 9.04. The first-order chi connectivity index (χ1) is 19.1. The number of alkyl halides is 3. The average Bonchev–Trinajstić information content (AvgIpc) is 3.37. The zero-order valence-corrected chi connectivity index (χ0v) is 21.4. The molecule has 2 aromatic heterocycles. The molecule has 1 atom stereocenters. The standard InChI is InChI=1S/C28H21ClF3N5O3/c29-20-12-23(26(39)36(16-20)15-17-7-9-19(10-8-17)28(30,31)32)34-27(40)37-24(21-5-1-2-6-25(21)38)13-22(35-37)18-4-3-11-33-14-18/h1-12,14,16,24,38H,13,15H2,(H,34,40). The minimum atomic E-state index is -4.48. The van der Waals surface area contributed by atoms with Crippen LogP contribution < -0.4 is 10.9 Å². The van der Waals surface area contributed by atoms with Crippen molar-refractivity contribution in [3.8, 4) is 5.75 Å². The van der Waals surface area contributed by atoms with Crippen molar-refractivity contribution in [1.29, 1.82) is 0 Å². The molecule has 2 N–H and O–H groups in total. The Balaban J connectivity index is 1.43. The van der Waals surface area contributed by atoms with E-state index in [1.165, 1.54) is 35.0 Å². The summed E-state index contributed by atoms with van der Waals surface area (Å²) in [6, 6.07) is 14.4. The lowest BCUT2D eigenvalue weighted by Crippen LogP contribution is -2.34. The third-order valence-corrected chi connectivity index (χ3v) is 6.54. The number of hydrogen-bond acceptors (Lipinski definition) is 5. The van der Waals surface area contributed by atoms with Crippen molar-refractivity contribution in [1.82, 2.24) is 14.6 Å². The molecule has 2 aromatic carbocycles. The summed E-state index contributed by atoms with van der Waals surface area (Å²) < 4.78 is 39.9. The third kappa shape index (κ3) is 5.69. The van der Waals surface area contributed by atoms with Gasteiger partial charge in [-0.15, -0.1) is 0 Å². The fourth-order valence-electron chi connectivity index (χ4n) is 4.39. The summed E-state index contributed by atoms with van der Waals surface area (Å²) >= 11 is 6.22. The summed E-state index contributed by atoms with van der Waals surface area (Å²) in [4.78, 5) is 30.8. The van der Waals surface area contributed by atoms with Crippen molar-refractivity contribution >= 4 is 29.0 Å². The summed E-state index contributed by atoms with van der Waals surface area (Å²) in [5.41, 5.74) is 0.573. The number of rotatable bonds is 5. The van der Waals surface area contributed by atoms with Gasteiger partial charge >= 0.3 is 12.2 Å². The normalized spacial score (nSPS) is 15.2. The number of anilines is 1. The topological polar surface area (TPSA) is 99.8 Å². The molecule has 1 aliphatic rings. The van der Waals surface area contributed by atoms with Crippen molar-refractivity contribution < 1.29 is 23.1 Å². The van der Waals surface area contributed by atoms with Crippen LogP contribution in [-0.2, 0) is 12.7 Å². The van der Waals surface area contributed by atoms with Gasteiger partial charge in [-0.1, -0.05) is 48.0 Å². The monoisotopic (exact) mass is 567 g/mol. The maximum absolute atomic E-state index is 13.5. The molecule has 40 heavy (non-hydrogen) atoms. The largest absolute Gasteiger partial charge is 0.508 e. The van der Waals surface area contributed by atoms with Crippen molar-refractivity contribution in [2.75, 3.05) is 5.32 Å². The Morgan fingerprint density at radius 2 is 1.85 bits per heavy atom. The summed E-state index contributed by atoms with van der Waals surface area (Å²) in [6.07, 6.45) is 0.352. The van der Waals surface area contributed by atoms with Gasteiger partial charge in [0.1, 0.15) is 11.4 Å². The van der Waals surface area contributed by atoms with Crippen molar-refractivity contribution in [2.24, 2.45) is 5.10 Å². The van der Waals surface area contributed by atoms with Crippen molar-refractivity contribution in [3.05, 3.63) is 123 Å². The second kappa shape index (κ2) is 10.9. The highest BCUT2D eigenvalue weighted by atomic mass is 35.5. The first-order valence-electron chi connectivity index (χ1n) is 12.0. The van der Waals surface area contributed by atoms with Gasteiger partial charge in [0, 0.05) is 36.1 Å². The summed E-state index contributed by atoms with van der Waals surface area (Å²) in [5.74, 6) is -0.0189. The van der Waals surface area contributed by atoms with Gasteiger partial charge in [-0.25, -0.2) is 9.80 Å². The van der Waals surface area contributed by atoms with E-state index in [1.807, 2.05) is 0 Å². The lowest BCUT2D eigenvalue weighted by molar-refractivity contribution is -0.137. The molecule has 0 aliphatic carbocycles. The number of phenols is 1. The highest BCUT2D eigenvalue weighted by molar-refractivity contribution is 6.30. The number of carbonyl (C=O) groups is 1. The minimum Gasteiger partial charge on any atom is -0.508 e. The fraction of sp³-hybridized carbons (Fsp3) is 0.143. The molecule has 0 radical (unpaired) electrons. The molecule has 12 heteroatoms. The van der Waals surface area contributed by atoms with Crippen LogP contribution >= 0.6 is 11.6 Å². The number of nitrogens with zero attached hydrogens (tertiary/aromatic N) is 4. The minimum absolute atomic E-state index is 0.0189. The number of carbonyl (C=O) groups excluding carboxylic acids is 1. The van der Waals surface area contributed by atoms with E-state index in [2.05, 4.69) is 15.4 Å². The van der Waals surface area contributed by atoms with E-state index in [-0.39, 0.29) is 29.4 Å². The van der Waals surface area contributed by atoms with Crippen LogP contribution in [0.1, 0.15) is 34.7 Å². The smallest absolute Gasteiger partial charge is 0.416 e. The van der Waals surface area contributed by atoms with E-state index in [0.717, 1.165) is 17.1 Å².